The van der Waals surface area contributed by atoms with E-state index in [4.69, 9.17) is 18.2 Å². The molecule has 0 unspecified atom stereocenters. The second-order valence-corrected chi connectivity index (χ2v) is 12.0. The summed E-state index contributed by atoms with van der Waals surface area (Å²) in [5, 5.41) is 4.19. The van der Waals surface area contributed by atoms with Gasteiger partial charge in [0.05, 0.1) is 11.1 Å². The van der Waals surface area contributed by atoms with Crippen LogP contribution >= 0.6 is 0 Å². The van der Waals surface area contributed by atoms with Gasteiger partial charge >= 0.3 is 0 Å². The van der Waals surface area contributed by atoms with Crippen molar-refractivity contribution < 1.29 is 13.3 Å². The zero-order valence-corrected chi connectivity index (χ0v) is 25.6. The van der Waals surface area contributed by atoms with Gasteiger partial charge in [-0.05, 0) is 83.9 Å². The first-order valence-corrected chi connectivity index (χ1v) is 16.0. The van der Waals surface area contributed by atoms with Gasteiger partial charge in [0.2, 0.25) is 5.89 Å². The summed E-state index contributed by atoms with van der Waals surface area (Å²) in [7, 11) is 0. The molecule has 48 heavy (non-hydrogen) atoms. The Balaban J connectivity index is 1.06. The monoisotopic (exact) mass is 618 g/mol. The van der Waals surface area contributed by atoms with Crippen LogP contribution in [0.2, 0.25) is 0 Å². The molecule has 0 fully saturated rings. The number of oxazole rings is 1. The van der Waals surface area contributed by atoms with Gasteiger partial charge < -0.3 is 18.2 Å². The first-order chi connectivity index (χ1) is 23.8. The van der Waals surface area contributed by atoms with Crippen molar-refractivity contribution in [2.45, 2.75) is 0 Å². The van der Waals surface area contributed by atoms with Gasteiger partial charge in [0, 0.05) is 33.1 Å². The second-order valence-electron chi connectivity index (χ2n) is 12.0. The number of para-hydroxylation sites is 3. The maximum absolute atomic E-state index is 6.45. The van der Waals surface area contributed by atoms with Crippen molar-refractivity contribution in [2.75, 3.05) is 4.90 Å². The predicted molar refractivity (Wildman–Crippen MR) is 194 cm³/mol. The molecule has 3 heterocycles. The van der Waals surface area contributed by atoms with E-state index in [0.717, 1.165) is 88.7 Å². The fraction of sp³-hybridized carbons (Fsp3) is 0. The van der Waals surface area contributed by atoms with Crippen molar-refractivity contribution in [1.82, 2.24) is 4.98 Å². The zero-order valence-electron chi connectivity index (χ0n) is 25.6. The zero-order chi connectivity index (χ0) is 31.6. The van der Waals surface area contributed by atoms with Crippen LogP contribution < -0.4 is 4.90 Å². The normalized spacial score (nSPS) is 11.8. The molecule has 0 saturated carbocycles. The van der Waals surface area contributed by atoms with Crippen molar-refractivity contribution in [3.63, 3.8) is 0 Å². The number of benzene rings is 7. The van der Waals surface area contributed by atoms with Crippen molar-refractivity contribution in [2.24, 2.45) is 0 Å². The Hall–Kier alpha value is -6.59. The Morgan fingerprint density at radius 3 is 1.98 bits per heavy atom. The molecule has 0 saturated heterocycles. The maximum atomic E-state index is 6.45. The summed E-state index contributed by atoms with van der Waals surface area (Å²) in [5.41, 5.74) is 11.1. The first-order valence-electron chi connectivity index (χ1n) is 16.0. The number of anilines is 3. The molecule has 0 N–H and O–H groups in total. The Kier molecular flexibility index (Phi) is 5.81. The molecule has 7 aromatic carbocycles. The average molecular weight is 619 g/mol. The summed E-state index contributed by atoms with van der Waals surface area (Å²) in [5.74, 6) is 0.602. The largest absolute Gasteiger partial charge is 0.456 e. The fourth-order valence-corrected chi connectivity index (χ4v) is 6.85. The van der Waals surface area contributed by atoms with Crippen molar-refractivity contribution in [3.8, 4) is 22.6 Å². The molecule has 0 aliphatic heterocycles. The lowest BCUT2D eigenvalue weighted by Gasteiger charge is -2.25. The van der Waals surface area contributed by atoms with E-state index in [2.05, 4.69) is 102 Å². The number of rotatable bonds is 5. The molecule has 0 bridgehead atoms. The van der Waals surface area contributed by atoms with E-state index in [9.17, 15) is 0 Å². The molecule has 3 aromatic heterocycles. The van der Waals surface area contributed by atoms with E-state index in [1.165, 1.54) is 0 Å². The number of hydrogen-bond acceptors (Lipinski definition) is 5. The van der Waals surface area contributed by atoms with Gasteiger partial charge in [0.15, 0.2) is 11.2 Å². The minimum atomic E-state index is 0.602. The molecule has 5 heteroatoms. The van der Waals surface area contributed by atoms with Crippen molar-refractivity contribution >= 4 is 72.0 Å². The van der Waals surface area contributed by atoms with Crippen LogP contribution in [0.4, 0.5) is 17.1 Å². The van der Waals surface area contributed by atoms with Crippen LogP contribution in [0.25, 0.3) is 77.6 Å². The highest BCUT2D eigenvalue weighted by atomic mass is 16.4. The lowest BCUT2D eigenvalue weighted by Crippen LogP contribution is -2.10. The van der Waals surface area contributed by atoms with E-state index in [1.54, 1.807) is 0 Å². The highest BCUT2D eigenvalue weighted by Crippen LogP contribution is 2.43. The molecule has 0 amide bonds. The maximum Gasteiger partial charge on any atom is 0.227 e. The molecule has 5 nitrogen and oxygen atoms in total. The topological polar surface area (TPSA) is 55.6 Å². The predicted octanol–water partition coefficient (Wildman–Crippen LogP) is 12.4. The van der Waals surface area contributed by atoms with Crippen LogP contribution in [-0.2, 0) is 0 Å². The van der Waals surface area contributed by atoms with Gasteiger partial charge in [0.25, 0.3) is 0 Å². The van der Waals surface area contributed by atoms with Gasteiger partial charge in [-0.3, -0.25) is 0 Å². The standard InChI is InChI=1S/C43H26N2O3/c1-3-10-28(11-4-1)43-44-41-38(48-43)25-24-37-40(41)34-23-20-29(26-39(34)46-37)27-18-21-31(22-19-27)45(30-12-5-2-6-13-30)35-16-9-15-33-32-14-7-8-17-36(32)47-42(33)35/h1-26H. The summed E-state index contributed by atoms with van der Waals surface area (Å²) in [6.45, 7) is 0. The third kappa shape index (κ3) is 4.15. The Morgan fingerprint density at radius 1 is 0.417 bits per heavy atom. The number of nitrogens with zero attached hydrogens (tertiary/aromatic N) is 2. The molecule has 0 spiro atoms. The smallest absolute Gasteiger partial charge is 0.227 e. The van der Waals surface area contributed by atoms with Crippen molar-refractivity contribution in [3.05, 3.63) is 158 Å². The summed E-state index contributed by atoms with van der Waals surface area (Å²) in [6.07, 6.45) is 0. The van der Waals surface area contributed by atoms with Gasteiger partial charge in [-0.1, -0.05) is 84.9 Å². The van der Waals surface area contributed by atoms with Crippen LogP contribution in [0.15, 0.2) is 171 Å². The molecule has 0 aliphatic carbocycles. The molecule has 10 aromatic rings. The lowest BCUT2D eigenvalue weighted by atomic mass is 10.0. The van der Waals surface area contributed by atoms with Crippen LogP contribution in [-0.4, -0.2) is 4.98 Å². The molecular weight excluding hydrogens is 592 g/mol. The van der Waals surface area contributed by atoms with Crippen LogP contribution in [0, 0.1) is 0 Å². The quantitative estimate of drug-likeness (QED) is 0.192. The SMILES string of the molecule is c1ccc(-c2nc3c(ccc4oc5cc(-c6ccc(N(c7ccccc7)c7cccc8c7oc7ccccc78)cc6)ccc5c43)o2)cc1. The number of fused-ring (bicyclic) bond motifs is 8. The number of aromatic nitrogens is 1. The Bertz CT molecular complexity index is 2770. The van der Waals surface area contributed by atoms with E-state index >= 15 is 0 Å². The third-order valence-corrected chi connectivity index (χ3v) is 9.11. The van der Waals surface area contributed by atoms with Crippen LogP contribution in [0.1, 0.15) is 0 Å². The summed E-state index contributed by atoms with van der Waals surface area (Å²) in [6, 6.07) is 53.9. The number of hydrogen-bond donors (Lipinski definition) is 0. The Morgan fingerprint density at radius 2 is 1.12 bits per heavy atom. The minimum absolute atomic E-state index is 0.602. The van der Waals surface area contributed by atoms with E-state index < -0.39 is 0 Å². The average Bonchev–Trinajstić information content (AvgIpc) is 3.86. The molecular formula is C43H26N2O3. The van der Waals surface area contributed by atoms with Gasteiger partial charge in [-0.15, -0.1) is 0 Å². The van der Waals surface area contributed by atoms with E-state index in [-0.39, 0.29) is 0 Å². The number of furan rings is 2. The molecule has 0 aliphatic rings. The Labute approximate surface area is 274 Å². The highest BCUT2D eigenvalue weighted by molar-refractivity contribution is 6.17. The summed E-state index contributed by atoms with van der Waals surface area (Å²) in [4.78, 5) is 7.14. The van der Waals surface area contributed by atoms with E-state index in [0.29, 0.717) is 5.89 Å². The van der Waals surface area contributed by atoms with Gasteiger partial charge in [-0.25, -0.2) is 4.98 Å². The van der Waals surface area contributed by atoms with Gasteiger partial charge in [-0.2, -0.15) is 0 Å². The van der Waals surface area contributed by atoms with Crippen LogP contribution in [0.5, 0.6) is 0 Å². The molecule has 0 radical (unpaired) electrons. The van der Waals surface area contributed by atoms with E-state index in [1.807, 2.05) is 60.7 Å². The van der Waals surface area contributed by atoms with Crippen LogP contribution in [0.3, 0.4) is 0 Å². The van der Waals surface area contributed by atoms with Gasteiger partial charge in [0.1, 0.15) is 22.3 Å². The second kappa shape index (κ2) is 10.5. The minimum Gasteiger partial charge on any atom is -0.456 e. The highest BCUT2D eigenvalue weighted by Gasteiger charge is 2.20. The molecule has 0 atom stereocenters. The fourth-order valence-electron chi connectivity index (χ4n) is 6.85. The summed E-state index contributed by atoms with van der Waals surface area (Å²) >= 11 is 0. The summed E-state index contributed by atoms with van der Waals surface area (Å²) < 4.78 is 19.0. The first kappa shape index (κ1) is 26.6. The molecule has 226 valence electrons. The third-order valence-electron chi connectivity index (χ3n) is 9.11. The van der Waals surface area contributed by atoms with Crippen molar-refractivity contribution in [1.29, 1.82) is 0 Å². The molecule has 10 rings (SSSR count). The lowest BCUT2D eigenvalue weighted by molar-refractivity contribution is 0.619.